The van der Waals surface area contributed by atoms with Gasteiger partial charge in [-0.2, -0.15) is 0 Å². The van der Waals surface area contributed by atoms with Crippen LogP contribution in [0.15, 0.2) is 24.3 Å². The van der Waals surface area contributed by atoms with Gasteiger partial charge in [-0.05, 0) is 50.5 Å². The van der Waals surface area contributed by atoms with Crippen molar-refractivity contribution in [3.8, 4) is 11.5 Å². The van der Waals surface area contributed by atoms with E-state index < -0.39 is 5.41 Å². The van der Waals surface area contributed by atoms with Gasteiger partial charge in [0.2, 0.25) is 18.6 Å². The summed E-state index contributed by atoms with van der Waals surface area (Å²) in [5.74, 6) is 0.900. The molecule has 1 aliphatic carbocycles. The van der Waals surface area contributed by atoms with Crippen LogP contribution in [0.2, 0.25) is 0 Å². The van der Waals surface area contributed by atoms with Crippen LogP contribution in [0.1, 0.15) is 59.4 Å². The summed E-state index contributed by atoms with van der Waals surface area (Å²) >= 11 is 0. The van der Waals surface area contributed by atoms with Crippen LogP contribution >= 0.6 is 0 Å². The Hall–Kier alpha value is -3.09. The first-order chi connectivity index (χ1) is 14.9. The molecular formula is C24H26N2O5. The van der Waals surface area contributed by atoms with Gasteiger partial charge in [0.05, 0.1) is 12.0 Å². The molecule has 1 aromatic heterocycles. The van der Waals surface area contributed by atoms with E-state index in [0.29, 0.717) is 12.1 Å². The van der Waals surface area contributed by atoms with Crippen molar-refractivity contribution in [3.05, 3.63) is 46.8 Å². The van der Waals surface area contributed by atoms with Crippen molar-refractivity contribution in [2.24, 2.45) is 5.41 Å². The first-order valence-corrected chi connectivity index (χ1v) is 10.8. The highest BCUT2D eigenvalue weighted by Crippen LogP contribution is 2.46. The third-order valence-electron chi connectivity index (χ3n) is 7.00. The molecule has 0 bridgehead atoms. The number of aromatic nitrogens is 1. The largest absolute Gasteiger partial charge is 0.454 e. The van der Waals surface area contributed by atoms with E-state index in [4.69, 9.17) is 9.47 Å². The second kappa shape index (κ2) is 7.25. The third-order valence-corrected chi connectivity index (χ3v) is 7.00. The molecule has 0 atom stereocenters. The molecule has 1 saturated heterocycles. The van der Waals surface area contributed by atoms with Gasteiger partial charge in [0.1, 0.15) is 0 Å². The number of ether oxygens (including phenoxy) is 2. The first-order valence-electron chi connectivity index (χ1n) is 10.8. The lowest BCUT2D eigenvalue weighted by molar-refractivity contribution is -0.140. The van der Waals surface area contributed by atoms with Crippen LogP contribution < -0.4 is 9.47 Å². The van der Waals surface area contributed by atoms with Crippen LogP contribution in [0.25, 0.3) is 0 Å². The highest BCUT2D eigenvalue weighted by Gasteiger charge is 2.52. The molecule has 2 aliphatic heterocycles. The molecule has 31 heavy (non-hydrogen) atoms. The van der Waals surface area contributed by atoms with Crippen molar-refractivity contribution in [2.45, 2.75) is 52.5 Å². The summed E-state index contributed by atoms with van der Waals surface area (Å²) < 4.78 is 12.9. The molecule has 1 spiro atoms. The molecule has 3 aliphatic rings. The number of amides is 2. The van der Waals surface area contributed by atoms with Gasteiger partial charge in [-0.1, -0.05) is 18.9 Å². The number of ketones is 1. The molecule has 2 fully saturated rings. The van der Waals surface area contributed by atoms with Crippen LogP contribution in [0.5, 0.6) is 11.5 Å². The molecule has 1 saturated carbocycles. The van der Waals surface area contributed by atoms with E-state index in [1.807, 2.05) is 38.1 Å². The Balaban J connectivity index is 1.35. The topological polar surface area (TPSA) is 77.8 Å². The number of Topliss-reactive ketones (excluding diaryl/α,β-unsaturated/α-hetero) is 1. The molecule has 3 heterocycles. The van der Waals surface area contributed by atoms with Gasteiger partial charge in [0.25, 0.3) is 0 Å². The Morgan fingerprint density at radius 3 is 2.58 bits per heavy atom. The number of fused-ring (bicyclic) bond motifs is 1. The zero-order valence-electron chi connectivity index (χ0n) is 17.9. The second-order valence-corrected chi connectivity index (χ2v) is 8.93. The van der Waals surface area contributed by atoms with Crippen molar-refractivity contribution in [1.29, 1.82) is 0 Å². The summed E-state index contributed by atoms with van der Waals surface area (Å²) in [4.78, 5) is 39.7. The molecule has 0 unspecified atom stereocenters. The first kappa shape index (κ1) is 19.8. The predicted octanol–water partition coefficient (Wildman–Crippen LogP) is 3.38. The van der Waals surface area contributed by atoms with E-state index in [1.54, 1.807) is 0 Å². The van der Waals surface area contributed by atoms with E-state index in [0.717, 1.165) is 54.1 Å². The van der Waals surface area contributed by atoms with Gasteiger partial charge in [0.15, 0.2) is 17.3 Å². The molecule has 2 aromatic rings. The maximum atomic E-state index is 13.1. The minimum Gasteiger partial charge on any atom is -0.454 e. The Morgan fingerprint density at radius 2 is 1.81 bits per heavy atom. The van der Waals surface area contributed by atoms with Crippen LogP contribution in [0, 0.1) is 19.3 Å². The minimum absolute atomic E-state index is 0.155. The number of carbonyl (C=O) groups is 3. The van der Waals surface area contributed by atoms with Gasteiger partial charge in [-0.3, -0.25) is 19.3 Å². The molecular weight excluding hydrogens is 396 g/mol. The SMILES string of the molecule is Cc1cc(C(=O)CN2C(=O)CC3(CCCC3)C2=O)c(C)n1Cc1ccc2c(c1)OCO2. The van der Waals surface area contributed by atoms with Gasteiger partial charge < -0.3 is 14.0 Å². The third kappa shape index (κ3) is 3.23. The number of imide groups is 1. The summed E-state index contributed by atoms with van der Waals surface area (Å²) in [7, 11) is 0. The van der Waals surface area contributed by atoms with Crippen molar-refractivity contribution in [3.63, 3.8) is 0 Å². The van der Waals surface area contributed by atoms with Crippen molar-refractivity contribution >= 4 is 17.6 Å². The van der Waals surface area contributed by atoms with Gasteiger partial charge in [0, 0.05) is 29.9 Å². The lowest BCUT2D eigenvalue weighted by Gasteiger charge is -2.20. The Bertz CT molecular complexity index is 1090. The van der Waals surface area contributed by atoms with E-state index in [2.05, 4.69) is 4.57 Å². The maximum Gasteiger partial charge on any atom is 0.236 e. The predicted molar refractivity (Wildman–Crippen MR) is 112 cm³/mol. The van der Waals surface area contributed by atoms with E-state index in [1.165, 1.54) is 4.90 Å². The summed E-state index contributed by atoms with van der Waals surface area (Å²) in [5.41, 5.74) is 2.83. The second-order valence-electron chi connectivity index (χ2n) is 8.93. The fourth-order valence-electron chi connectivity index (χ4n) is 5.24. The standard InChI is InChI=1S/C24H26N2O5/c1-15-9-18(16(2)25(15)12-17-5-6-20-21(10-17)31-14-30-20)19(27)13-26-22(28)11-24(23(26)29)7-3-4-8-24/h5-6,9-10H,3-4,7-8,11-14H2,1-2H3. The molecule has 5 rings (SSSR count). The van der Waals surface area contributed by atoms with Crippen LogP contribution in [0.3, 0.4) is 0 Å². The summed E-state index contributed by atoms with van der Waals surface area (Å²) in [5, 5.41) is 0. The summed E-state index contributed by atoms with van der Waals surface area (Å²) in [6.07, 6.45) is 3.71. The molecule has 162 valence electrons. The number of carbonyl (C=O) groups excluding carboxylic acids is 3. The fraction of sp³-hybridized carbons (Fsp3) is 0.458. The van der Waals surface area contributed by atoms with Crippen LogP contribution in [-0.2, 0) is 16.1 Å². The lowest BCUT2D eigenvalue weighted by Crippen LogP contribution is -2.38. The van der Waals surface area contributed by atoms with Crippen molar-refractivity contribution in [1.82, 2.24) is 9.47 Å². The summed E-state index contributed by atoms with van der Waals surface area (Å²) in [6, 6.07) is 7.67. The Labute approximate surface area is 180 Å². The average Bonchev–Trinajstić information content (AvgIpc) is 3.50. The smallest absolute Gasteiger partial charge is 0.236 e. The molecule has 1 aromatic carbocycles. The lowest BCUT2D eigenvalue weighted by atomic mass is 9.84. The summed E-state index contributed by atoms with van der Waals surface area (Å²) in [6.45, 7) is 4.50. The number of nitrogens with zero attached hydrogens (tertiary/aromatic N) is 2. The zero-order chi connectivity index (χ0) is 21.8. The van der Waals surface area contributed by atoms with Gasteiger partial charge in [-0.15, -0.1) is 0 Å². The Kier molecular flexibility index (Phi) is 4.64. The van der Waals surface area contributed by atoms with Crippen molar-refractivity contribution in [2.75, 3.05) is 13.3 Å². The normalized spacial score (nSPS) is 19.1. The number of aryl methyl sites for hydroxylation is 1. The molecule has 2 amide bonds. The van der Waals surface area contributed by atoms with Crippen molar-refractivity contribution < 1.29 is 23.9 Å². The molecule has 7 heteroatoms. The fourth-order valence-corrected chi connectivity index (χ4v) is 5.24. The highest BCUT2D eigenvalue weighted by molar-refractivity contribution is 6.10. The molecule has 7 nitrogen and oxygen atoms in total. The van der Waals surface area contributed by atoms with E-state index in [9.17, 15) is 14.4 Å². The molecule has 0 N–H and O–H groups in total. The number of hydrogen-bond acceptors (Lipinski definition) is 5. The van der Waals surface area contributed by atoms with Gasteiger partial charge >= 0.3 is 0 Å². The minimum atomic E-state index is -0.548. The number of likely N-dealkylation sites (tertiary alicyclic amines) is 1. The van der Waals surface area contributed by atoms with E-state index >= 15 is 0 Å². The van der Waals surface area contributed by atoms with Crippen LogP contribution in [0.4, 0.5) is 0 Å². The highest BCUT2D eigenvalue weighted by atomic mass is 16.7. The quantitative estimate of drug-likeness (QED) is 0.545. The number of benzene rings is 1. The maximum absolute atomic E-state index is 13.1. The number of hydrogen-bond donors (Lipinski definition) is 0. The van der Waals surface area contributed by atoms with Crippen LogP contribution in [-0.4, -0.2) is 40.4 Å². The zero-order valence-corrected chi connectivity index (χ0v) is 17.9. The Morgan fingerprint density at radius 1 is 1.06 bits per heavy atom. The molecule has 0 radical (unpaired) electrons. The number of rotatable bonds is 5. The van der Waals surface area contributed by atoms with Gasteiger partial charge in [-0.25, -0.2) is 0 Å². The van der Waals surface area contributed by atoms with E-state index in [-0.39, 0.29) is 37.4 Å². The monoisotopic (exact) mass is 422 g/mol. The average molecular weight is 422 g/mol.